The van der Waals surface area contributed by atoms with Crippen LogP contribution in [0.5, 0.6) is 0 Å². The molecular weight excluding hydrogens is 345 g/mol. The van der Waals surface area contributed by atoms with Crippen molar-refractivity contribution in [2.45, 2.75) is 10.9 Å². The molecule has 3 nitrogen and oxygen atoms in total. The average molecular weight is 361 g/mol. The largest absolute Gasteiger partial charge is 0.259 e. The van der Waals surface area contributed by atoms with Crippen LogP contribution in [0.25, 0.3) is 22.9 Å². The molecule has 0 saturated heterocycles. The van der Waals surface area contributed by atoms with E-state index in [0.717, 1.165) is 11.3 Å². The van der Waals surface area contributed by atoms with E-state index in [0.29, 0.717) is 11.0 Å². The van der Waals surface area contributed by atoms with Gasteiger partial charge in [0.05, 0.1) is 0 Å². The van der Waals surface area contributed by atoms with Crippen LogP contribution in [0.15, 0.2) is 71.9 Å². The lowest BCUT2D eigenvalue weighted by molar-refractivity contribution is 0.628. The molecule has 128 valence electrons. The summed E-state index contributed by atoms with van der Waals surface area (Å²) >= 11 is 1.60. The van der Waals surface area contributed by atoms with Crippen LogP contribution < -0.4 is 0 Å². The average Bonchev–Trinajstić information content (AvgIpc) is 3.14. The molecule has 26 heavy (non-hydrogen) atoms. The molecule has 0 atom stereocenters. The maximum atomic E-state index is 12.9. The fourth-order valence-corrected chi connectivity index (χ4v) is 3.52. The molecule has 0 radical (unpaired) electrons. The van der Waals surface area contributed by atoms with E-state index in [1.54, 1.807) is 23.9 Å². The zero-order chi connectivity index (χ0) is 17.8. The molecule has 1 N–H and O–H groups in total. The number of rotatable bonds is 5. The number of nitrogens with one attached hydrogen (secondary N) is 1. The van der Waals surface area contributed by atoms with E-state index < -0.39 is 0 Å². The molecule has 0 aliphatic rings. The minimum atomic E-state index is -0.242. The van der Waals surface area contributed by atoms with E-state index in [4.69, 9.17) is 0 Å². The van der Waals surface area contributed by atoms with Gasteiger partial charge in [0.1, 0.15) is 11.6 Å². The van der Waals surface area contributed by atoms with Crippen LogP contribution in [0.2, 0.25) is 0 Å². The lowest BCUT2D eigenvalue weighted by atomic mass is 10.1. The number of benzene rings is 3. The first-order valence-electron chi connectivity index (χ1n) is 8.23. The Morgan fingerprint density at radius 3 is 2.62 bits per heavy atom. The summed E-state index contributed by atoms with van der Waals surface area (Å²) in [5.41, 5.74) is 2.18. The van der Waals surface area contributed by atoms with Crippen molar-refractivity contribution in [2.24, 2.45) is 0 Å². The van der Waals surface area contributed by atoms with E-state index >= 15 is 0 Å². The predicted octanol–water partition coefficient (Wildman–Crippen LogP) is 5.56. The minimum Gasteiger partial charge on any atom is -0.259 e. The smallest absolute Gasteiger partial charge is 0.209 e. The number of aromatic nitrogens is 3. The Balaban J connectivity index is 1.44. The van der Waals surface area contributed by atoms with Gasteiger partial charge in [-0.3, -0.25) is 5.10 Å². The van der Waals surface area contributed by atoms with Crippen LogP contribution in [-0.4, -0.2) is 15.2 Å². The number of nitrogens with zero attached hydrogens (tertiary/aromatic N) is 2. The van der Waals surface area contributed by atoms with Gasteiger partial charge < -0.3 is 0 Å². The molecule has 0 aliphatic carbocycles. The van der Waals surface area contributed by atoms with Crippen molar-refractivity contribution in [3.05, 3.63) is 89.5 Å². The third kappa shape index (κ3) is 3.83. The van der Waals surface area contributed by atoms with Crippen LogP contribution in [0.3, 0.4) is 0 Å². The van der Waals surface area contributed by atoms with Gasteiger partial charge in [-0.15, -0.1) is 5.10 Å². The van der Waals surface area contributed by atoms with Gasteiger partial charge in [-0.05, 0) is 40.1 Å². The lowest BCUT2D eigenvalue weighted by Crippen LogP contribution is -1.85. The van der Waals surface area contributed by atoms with Gasteiger partial charge in [0.15, 0.2) is 0 Å². The Morgan fingerprint density at radius 2 is 1.73 bits per heavy atom. The van der Waals surface area contributed by atoms with Gasteiger partial charge in [-0.2, -0.15) is 0 Å². The Bertz CT molecular complexity index is 1050. The van der Waals surface area contributed by atoms with Crippen molar-refractivity contribution >= 4 is 34.7 Å². The van der Waals surface area contributed by atoms with Crippen molar-refractivity contribution in [2.75, 3.05) is 0 Å². The highest BCUT2D eigenvalue weighted by atomic mass is 32.2. The van der Waals surface area contributed by atoms with Crippen LogP contribution in [0, 0.1) is 5.82 Å². The summed E-state index contributed by atoms with van der Waals surface area (Å²) in [6.45, 7) is 0. The zero-order valence-electron chi connectivity index (χ0n) is 13.9. The molecule has 5 heteroatoms. The molecule has 0 aliphatic heterocycles. The van der Waals surface area contributed by atoms with Crippen LogP contribution in [0.1, 0.15) is 17.0 Å². The Morgan fingerprint density at radius 1 is 0.923 bits per heavy atom. The van der Waals surface area contributed by atoms with Crippen molar-refractivity contribution < 1.29 is 4.39 Å². The summed E-state index contributed by atoms with van der Waals surface area (Å²) in [7, 11) is 0. The highest BCUT2D eigenvalue weighted by molar-refractivity contribution is 7.98. The van der Waals surface area contributed by atoms with Crippen molar-refractivity contribution in [3.8, 4) is 0 Å². The normalized spacial score (nSPS) is 11.4. The topological polar surface area (TPSA) is 41.6 Å². The summed E-state index contributed by atoms with van der Waals surface area (Å²) in [6.07, 6.45) is 3.71. The zero-order valence-corrected chi connectivity index (χ0v) is 14.7. The maximum absolute atomic E-state index is 12.9. The summed E-state index contributed by atoms with van der Waals surface area (Å²) in [5, 5.41) is 10.4. The lowest BCUT2D eigenvalue weighted by Gasteiger charge is -2.04. The standard InChI is InChI=1S/C21H16FN3S/c22-18-11-8-15(9-12-18)10-13-20-23-21(25-24-20)26-14-17-6-3-5-16-4-1-2-7-19(16)17/h1-13H,14H2,(H,23,24,25)/b13-10+. The van der Waals surface area contributed by atoms with Crippen molar-refractivity contribution in [3.63, 3.8) is 0 Å². The van der Waals surface area contributed by atoms with E-state index in [2.05, 4.69) is 51.6 Å². The van der Waals surface area contributed by atoms with Crippen molar-refractivity contribution in [1.82, 2.24) is 15.2 Å². The van der Waals surface area contributed by atoms with E-state index in [9.17, 15) is 4.39 Å². The second-order valence-corrected chi connectivity index (χ2v) is 6.76. The van der Waals surface area contributed by atoms with E-state index in [1.165, 1.54) is 28.5 Å². The Hall–Kier alpha value is -2.92. The molecule has 1 heterocycles. The molecule has 0 fully saturated rings. The van der Waals surface area contributed by atoms with Gasteiger partial charge in [0.25, 0.3) is 0 Å². The molecular formula is C21H16FN3S. The van der Waals surface area contributed by atoms with Crippen molar-refractivity contribution in [1.29, 1.82) is 0 Å². The van der Waals surface area contributed by atoms with Gasteiger partial charge in [-0.1, -0.05) is 72.4 Å². The monoisotopic (exact) mass is 361 g/mol. The Kier molecular flexibility index (Phi) is 4.80. The molecule has 0 saturated carbocycles. The molecule has 0 unspecified atom stereocenters. The molecule has 1 aromatic heterocycles. The summed E-state index contributed by atoms with van der Waals surface area (Å²) in [6, 6.07) is 21.0. The molecule has 3 aromatic carbocycles. The molecule has 0 amide bonds. The first-order chi connectivity index (χ1) is 12.8. The number of hydrogen-bond donors (Lipinski definition) is 1. The van der Waals surface area contributed by atoms with E-state index in [1.807, 2.05) is 18.2 Å². The number of fused-ring (bicyclic) bond motifs is 1. The minimum absolute atomic E-state index is 0.242. The van der Waals surface area contributed by atoms with Crippen LogP contribution in [0.4, 0.5) is 4.39 Å². The summed E-state index contributed by atoms with van der Waals surface area (Å²) in [4.78, 5) is 4.47. The quantitative estimate of drug-likeness (QED) is 0.473. The summed E-state index contributed by atoms with van der Waals surface area (Å²) in [5.74, 6) is 1.24. The highest BCUT2D eigenvalue weighted by Gasteiger charge is 2.05. The molecule has 4 aromatic rings. The third-order valence-electron chi connectivity index (χ3n) is 4.02. The number of thioether (sulfide) groups is 1. The highest BCUT2D eigenvalue weighted by Crippen LogP contribution is 2.25. The molecule has 4 rings (SSSR count). The number of hydrogen-bond acceptors (Lipinski definition) is 3. The van der Waals surface area contributed by atoms with E-state index in [-0.39, 0.29) is 5.82 Å². The van der Waals surface area contributed by atoms with Gasteiger partial charge in [0.2, 0.25) is 5.16 Å². The SMILES string of the molecule is Fc1ccc(/C=C/c2nc(SCc3cccc4ccccc34)n[nH]2)cc1. The second-order valence-electron chi connectivity index (χ2n) is 5.82. The summed E-state index contributed by atoms with van der Waals surface area (Å²) < 4.78 is 12.9. The molecule has 0 bridgehead atoms. The van der Waals surface area contributed by atoms with Crippen LogP contribution >= 0.6 is 11.8 Å². The van der Waals surface area contributed by atoms with Gasteiger partial charge in [-0.25, -0.2) is 9.37 Å². The van der Waals surface area contributed by atoms with Crippen LogP contribution in [-0.2, 0) is 5.75 Å². The third-order valence-corrected chi connectivity index (χ3v) is 4.92. The number of halogens is 1. The predicted molar refractivity (Wildman–Crippen MR) is 105 cm³/mol. The first kappa shape index (κ1) is 16.5. The number of aromatic amines is 1. The second kappa shape index (κ2) is 7.54. The Labute approximate surface area is 155 Å². The van der Waals surface area contributed by atoms with Gasteiger partial charge in [0, 0.05) is 5.75 Å². The molecule has 0 spiro atoms. The fourth-order valence-electron chi connectivity index (χ4n) is 2.71. The number of H-pyrrole nitrogens is 1. The fraction of sp³-hybridized carbons (Fsp3) is 0.0476. The first-order valence-corrected chi connectivity index (χ1v) is 9.22. The van der Waals surface area contributed by atoms with Gasteiger partial charge >= 0.3 is 0 Å². The maximum Gasteiger partial charge on any atom is 0.209 e.